The van der Waals surface area contributed by atoms with Gasteiger partial charge in [0.05, 0.1) is 25.3 Å². The Morgan fingerprint density at radius 3 is 2.85 bits per heavy atom. The molecule has 0 fully saturated rings. The average molecular weight is 276 g/mol. The van der Waals surface area contributed by atoms with E-state index in [0.29, 0.717) is 17.1 Å². The van der Waals surface area contributed by atoms with Gasteiger partial charge in [-0.1, -0.05) is 13.3 Å². The number of fused-ring (bicyclic) bond motifs is 1. The molecule has 0 amide bonds. The largest absolute Gasteiger partial charge is 0.497 e. The van der Waals surface area contributed by atoms with Crippen LogP contribution in [0, 0.1) is 0 Å². The second kappa shape index (κ2) is 6.38. The van der Waals surface area contributed by atoms with Gasteiger partial charge in [0.25, 0.3) is 0 Å². The fourth-order valence-electron chi connectivity index (χ4n) is 2.12. The number of methoxy groups -OCH3 is 1. The van der Waals surface area contributed by atoms with Crippen molar-refractivity contribution in [2.75, 3.05) is 24.8 Å². The van der Waals surface area contributed by atoms with Gasteiger partial charge >= 0.3 is 0 Å². The number of aliphatic hydroxyl groups excluding tert-OH is 1. The first-order chi connectivity index (χ1) is 9.67. The molecule has 0 aliphatic carbocycles. The van der Waals surface area contributed by atoms with Crippen LogP contribution in [0.3, 0.4) is 0 Å². The number of nitrogens with two attached hydrogens (primary N) is 1. The molecule has 1 atom stereocenters. The van der Waals surface area contributed by atoms with E-state index in [1.165, 1.54) is 0 Å². The van der Waals surface area contributed by atoms with Crippen molar-refractivity contribution in [2.45, 2.75) is 25.8 Å². The van der Waals surface area contributed by atoms with E-state index in [1.54, 1.807) is 7.11 Å². The van der Waals surface area contributed by atoms with Crippen LogP contribution in [0.5, 0.6) is 5.75 Å². The minimum absolute atomic E-state index is 0.0420. The van der Waals surface area contributed by atoms with E-state index in [4.69, 9.17) is 10.5 Å². The smallest absolute Gasteiger partial charge is 0.222 e. The third-order valence-corrected chi connectivity index (χ3v) is 3.12. The van der Waals surface area contributed by atoms with Gasteiger partial charge in [-0.15, -0.1) is 0 Å². The molecule has 0 radical (unpaired) electrons. The number of rotatable bonds is 6. The van der Waals surface area contributed by atoms with Crippen LogP contribution < -0.4 is 15.8 Å². The van der Waals surface area contributed by atoms with Crippen LogP contribution in [0.2, 0.25) is 0 Å². The highest BCUT2D eigenvalue weighted by Gasteiger charge is 2.12. The van der Waals surface area contributed by atoms with Crippen molar-refractivity contribution in [3.8, 4) is 5.75 Å². The van der Waals surface area contributed by atoms with Crippen LogP contribution in [0.15, 0.2) is 18.2 Å². The predicted molar refractivity (Wildman–Crippen MR) is 79.9 cm³/mol. The Hall–Kier alpha value is -2.08. The summed E-state index contributed by atoms with van der Waals surface area (Å²) in [5.74, 6) is 1.55. The molecule has 0 saturated carbocycles. The van der Waals surface area contributed by atoms with E-state index in [2.05, 4.69) is 22.2 Å². The molecule has 0 aliphatic heterocycles. The summed E-state index contributed by atoms with van der Waals surface area (Å²) in [5, 5.41) is 13.5. The lowest BCUT2D eigenvalue weighted by molar-refractivity contribution is 0.268. The first-order valence-corrected chi connectivity index (χ1v) is 6.66. The highest BCUT2D eigenvalue weighted by Crippen LogP contribution is 2.26. The Balaban J connectivity index is 2.41. The van der Waals surface area contributed by atoms with Gasteiger partial charge in [-0.05, 0) is 18.6 Å². The van der Waals surface area contributed by atoms with Crippen molar-refractivity contribution >= 4 is 22.7 Å². The summed E-state index contributed by atoms with van der Waals surface area (Å²) < 4.78 is 5.18. The number of anilines is 2. The van der Waals surface area contributed by atoms with E-state index in [1.807, 2.05) is 18.2 Å². The highest BCUT2D eigenvalue weighted by molar-refractivity contribution is 5.91. The number of nitrogens with zero attached hydrogens (tertiary/aromatic N) is 2. The standard InChI is InChI=1S/C14H20N4O2/c1-3-4-9(8-19)16-13-11-6-5-10(20-2)7-12(11)17-14(15)18-13/h5-7,9,19H,3-4,8H2,1-2H3,(H3,15,16,17,18). The third-order valence-electron chi connectivity index (χ3n) is 3.12. The molecule has 0 aliphatic rings. The van der Waals surface area contributed by atoms with Crippen LogP contribution in [-0.2, 0) is 0 Å². The number of ether oxygens (including phenoxy) is 1. The van der Waals surface area contributed by atoms with Gasteiger partial charge in [-0.25, -0.2) is 4.98 Å². The first-order valence-electron chi connectivity index (χ1n) is 6.66. The summed E-state index contributed by atoms with van der Waals surface area (Å²) in [7, 11) is 1.61. The normalized spacial score (nSPS) is 12.3. The zero-order chi connectivity index (χ0) is 14.5. The molecule has 6 nitrogen and oxygen atoms in total. The summed E-state index contributed by atoms with van der Waals surface area (Å²) in [6.45, 7) is 2.12. The lowest BCUT2D eigenvalue weighted by Crippen LogP contribution is -2.24. The summed E-state index contributed by atoms with van der Waals surface area (Å²) in [5.41, 5.74) is 6.46. The number of nitrogen functional groups attached to an aromatic ring is 1. The van der Waals surface area contributed by atoms with Crippen molar-refractivity contribution in [1.82, 2.24) is 9.97 Å². The highest BCUT2D eigenvalue weighted by atomic mass is 16.5. The number of hydrogen-bond donors (Lipinski definition) is 3. The van der Waals surface area contributed by atoms with Gasteiger partial charge in [-0.2, -0.15) is 4.98 Å². The maximum atomic E-state index is 9.38. The van der Waals surface area contributed by atoms with E-state index in [-0.39, 0.29) is 18.6 Å². The summed E-state index contributed by atoms with van der Waals surface area (Å²) >= 11 is 0. The molecule has 1 aromatic carbocycles. The lowest BCUT2D eigenvalue weighted by Gasteiger charge is -2.17. The van der Waals surface area contributed by atoms with Crippen molar-refractivity contribution in [3.05, 3.63) is 18.2 Å². The molecule has 20 heavy (non-hydrogen) atoms. The van der Waals surface area contributed by atoms with Crippen LogP contribution in [0.4, 0.5) is 11.8 Å². The molecular formula is C14H20N4O2. The number of nitrogens with one attached hydrogen (secondary N) is 1. The van der Waals surface area contributed by atoms with Crippen molar-refractivity contribution < 1.29 is 9.84 Å². The van der Waals surface area contributed by atoms with E-state index in [0.717, 1.165) is 18.2 Å². The van der Waals surface area contributed by atoms with Gasteiger partial charge in [0.1, 0.15) is 11.6 Å². The Labute approximate surface area is 118 Å². The molecule has 1 aromatic heterocycles. The zero-order valence-electron chi connectivity index (χ0n) is 11.8. The number of aromatic nitrogens is 2. The maximum Gasteiger partial charge on any atom is 0.222 e. The van der Waals surface area contributed by atoms with Crippen LogP contribution in [-0.4, -0.2) is 34.8 Å². The molecule has 0 bridgehead atoms. The van der Waals surface area contributed by atoms with Crippen LogP contribution in [0.25, 0.3) is 10.9 Å². The Bertz CT molecular complexity index is 589. The second-order valence-electron chi connectivity index (χ2n) is 4.63. The maximum absolute atomic E-state index is 9.38. The zero-order valence-corrected chi connectivity index (χ0v) is 11.8. The summed E-state index contributed by atoms with van der Waals surface area (Å²) in [4.78, 5) is 8.44. The molecule has 2 aromatic rings. The van der Waals surface area contributed by atoms with Gasteiger partial charge in [0.2, 0.25) is 5.95 Å². The fraction of sp³-hybridized carbons (Fsp3) is 0.429. The van der Waals surface area contributed by atoms with E-state index in [9.17, 15) is 5.11 Å². The summed E-state index contributed by atoms with van der Waals surface area (Å²) in [6.07, 6.45) is 1.84. The van der Waals surface area contributed by atoms with Crippen molar-refractivity contribution in [2.24, 2.45) is 0 Å². The SMILES string of the molecule is CCCC(CO)Nc1nc(N)nc2cc(OC)ccc12. The molecule has 4 N–H and O–H groups in total. The number of benzene rings is 1. The first kappa shape index (κ1) is 14.3. The lowest BCUT2D eigenvalue weighted by atomic mass is 10.1. The molecule has 1 heterocycles. The fourth-order valence-corrected chi connectivity index (χ4v) is 2.12. The van der Waals surface area contributed by atoms with Crippen molar-refractivity contribution in [3.63, 3.8) is 0 Å². The Morgan fingerprint density at radius 2 is 2.20 bits per heavy atom. The van der Waals surface area contributed by atoms with Gasteiger partial charge < -0.3 is 20.9 Å². The molecule has 6 heteroatoms. The van der Waals surface area contributed by atoms with E-state index < -0.39 is 0 Å². The predicted octanol–water partition coefficient (Wildman–Crippen LogP) is 1.79. The third kappa shape index (κ3) is 3.08. The van der Waals surface area contributed by atoms with E-state index >= 15 is 0 Å². The molecule has 108 valence electrons. The topological polar surface area (TPSA) is 93.3 Å². The minimum atomic E-state index is -0.0420. The Morgan fingerprint density at radius 1 is 1.40 bits per heavy atom. The van der Waals surface area contributed by atoms with Crippen LogP contribution >= 0.6 is 0 Å². The summed E-state index contributed by atoms with van der Waals surface area (Å²) in [6, 6.07) is 5.50. The van der Waals surface area contributed by atoms with Gasteiger partial charge in [0, 0.05) is 11.5 Å². The quantitative estimate of drug-likeness (QED) is 0.745. The molecule has 0 spiro atoms. The number of hydrogen-bond acceptors (Lipinski definition) is 6. The van der Waals surface area contributed by atoms with Crippen molar-refractivity contribution in [1.29, 1.82) is 0 Å². The second-order valence-corrected chi connectivity index (χ2v) is 4.63. The minimum Gasteiger partial charge on any atom is -0.497 e. The molecule has 0 saturated heterocycles. The van der Waals surface area contributed by atoms with Gasteiger partial charge in [-0.3, -0.25) is 0 Å². The van der Waals surface area contributed by atoms with Gasteiger partial charge in [0.15, 0.2) is 0 Å². The monoisotopic (exact) mass is 276 g/mol. The number of aliphatic hydroxyl groups is 1. The molecular weight excluding hydrogens is 256 g/mol. The average Bonchev–Trinajstić information content (AvgIpc) is 2.45. The Kier molecular flexibility index (Phi) is 4.57. The van der Waals surface area contributed by atoms with Crippen LogP contribution in [0.1, 0.15) is 19.8 Å². The molecule has 2 rings (SSSR count). The molecule has 1 unspecified atom stereocenters.